The lowest BCUT2D eigenvalue weighted by Gasteiger charge is -2.01. The van der Waals surface area contributed by atoms with Gasteiger partial charge in [-0.3, -0.25) is 9.36 Å². The Morgan fingerprint density at radius 2 is 2.29 bits per heavy atom. The summed E-state index contributed by atoms with van der Waals surface area (Å²) in [6, 6.07) is 5.51. The van der Waals surface area contributed by atoms with Crippen LogP contribution in [0.1, 0.15) is 0 Å². The molecule has 2 N–H and O–H groups in total. The fourth-order valence-corrected chi connectivity index (χ4v) is 2.69. The minimum atomic E-state index is -0.00134. The van der Waals surface area contributed by atoms with Crippen LogP contribution in [0.5, 0.6) is 0 Å². The molecule has 3 nitrogen and oxygen atoms in total. The number of rotatable bonds is 2. The third-order valence-electron chi connectivity index (χ3n) is 1.99. The average Bonchev–Trinajstić information content (AvgIpc) is 2.45. The van der Waals surface area contributed by atoms with Crippen molar-refractivity contribution in [2.75, 3.05) is 6.54 Å². The summed E-state index contributed by atoms with van der Waals surface area (Å²) in [5, 5.41) is 0.606. The van der Waals surface area contributed by atoms with Crippen LogP contribution >= 0.6 is 22.9 Å². The van der Waals surface area contributed by atoms with Gasteiger partial charge in [-0.2, -0.15) is 0 Å². The van der Waals surface area contributed by atoms with Crippen molar-refractivity contribution in [1.82, 2.24) is 4.57 Å². The zero-order valence-electron chi connectivity index (χ0n) is 7.37. The Hall–Kier alpha value is -0.840. The van der Waals surface area contributed by atoms with Crippen LogP contribution in [0.4, 0.5) is 0 Å². The first-order valence-electron chi connectivity index (χ1n) is 4.22. The molecule has 0 saturated carbocycles. The number of aromatic nitrogens is 1. The number of halogens is 1. The van der Waals surface area contributed by atoms with Crippen LogP contribution in [0, 0.1) is 0 Å². The van der Waals surface area contributed by atoms with Gasteiger partial charge in [-0.15, -0.1) is 0 Å². The highest BCUT2D eigenvalue weighted by Gasteiger charge is 2.08. The zero-order valence-corrected chi connectivity index (χ0v) is 8.94. The van der Waals surface area contributed by atoms with Crippen molar-refractivity contribution in [1.29, 1.82) is 0 Å². The molecule has 0 fully saturated rings. The van der Waals surface area contributed by atoms with E-state index in [-0.39, 0.29) is 4.87 Å². The van der Waals surface area contributed by atoms with Gasteiger partial charge >= 0.3 is 4.87 Å². The van der Waals surface area contributed by atoms with E-state index >= 15 is 0 Å². The quantitative estimate of drug-likeness (QED) is 0.850. The maximum absolute atomic E-state index is 11.5. The number of hydrogen-bond acceptors (Lipinski definition) is 3. The fourth-order valence-electron chi connectivity index (χ4n) is 1.41. The molecular formula is C9H9ClN2OS. The Bertz CT molecular complexity index is 517. The summed E-state index contributed by atoms with van der Waals surface area (Å²) in [6.07, 6.45) is 0. The van der Waals surface area contributed by atoms with Crippen LogP contribution in [-0.2, 0) is 6.54 Å². The lowest BCUT2D eigenvalue weighted by molar-refractivity contribution is 0.721. The number of fused-ring (bicyclic) bond motifs is 1. The van der Waals surface area contributed by atoms with E-state index in [2.05, 4.69) is 0 Å². The SMILES string of the molecule is NCCn1c(=O)sc2cccc(Cl)c21. The van der Waals surface area contributed by atoms with E-state index < -0.39 is 0 Å². The van der Waals surface area contributed by atoms with Gasteiger partial charge in [0.05, 0.1) is 15.2 Å². The predicted molar refractivity (Wildman–Crippen MR) is 60.1 cm³/mol. The van der Waals surface area contributed by atoms with Crippen LogP contribution in [0.2, 0.25) is 5.02 Å². The largest absolute Gasteiger partial charge is 0.329 e. The van der Waals surface area contributed by atoms with Crippen LogP contribution in [0.15, 0.2) is 23.0 Å². The molecule has 0 aliphatic carbocycles. The standard InChI is InChI=1S/C9H9ClN2OS/c10-6-2-1-3-7-8(6)12(5-4-11)9(13)14-7/h1-3H,4-5,11H2. The molecule has 1 aromatic carbocycles. The van der Waals surface area contributed by atoms with Gasteiger partial charge in [0.25, 0.3) is 0 Å². The lowest BCUT2D eigenvalue weighted by Crippen LogP contribution is -2.18. The molecule has 0 spiro atoms. The molecule has 0 atom stereocenters. The maximum Gasteiger partial charge on any atom is 0.308 e. The van der Waals surface area contributed by atoms with Crippen molar-refractivity contribution in [3.05, 3.63) is 32.9 Å². The van der Waals surface area contributed by atoms with Gasteiger partial charge < -0.3 is 5.73 Å². The summed E-state index contributed by atoms with van der Waals surface area (Å²) < 4.78 is 2.54. The Morgan fingerprint density at radius 1 is 1.50 bits per heavy atom. The molecule has 0 bridgehead atoms. The minimum Gasteiger partial charge on any atom is -0.329 e. The van der Waals surface area contributed by atoms with Gasteiger partial charge in [0.15, 0.2) is 0 Å². The number of benzene rings is 1. The molecule has 0 aliphatic rings. The Labute approximate surface area is 89.7 Å². The first-order chi connectivity index (χ1) is 6.74. The van der Waals surface area contributed by atoms with Gasteiger partial charge in [-0.25, -0.2) is 0 Å². The maximum atomic E-state index is 11.5. The lowest BCUT2D eigenvalue weighted by atomic mass is 10.3. The van der Waals surface area contributed by atoms with E-state index in [0.717, 1.165) is 10.2 Å². The zero-order chi connectivity index (χ0) is 10.1. The Kier molecular flexibility index (Phi) is 2.58. The molecular weight excluding hydrogens is 220 g/mol. The predicted octanol–water partition coefficient (Wildman–Crippen LogP) is 1.68. The van der Waals surface area contributed by atoms with Gasteiger partial charge in [0.2, 0.25) is 0 Å². The van der Waals surface area contributed by atoms with Crippen LogP contribution in [0.3, 0.4) is 0 Å². The molecule has 2 rings (SSSR count). The highest BCUT2D eigenvalue weighted by molar-refractivity contribution is 7.16. The molecule has 0 radical (unpaired) electrons. The van der Waals surface area contributed by atoms with E-state index in [1.54, 1.807) is 10.6 Å². The van der Waals surface area contributed by atoms with E-state index in [0.29, 0.717) is 18.1 Å². The molecule has 1 heterocycles. The molecule has 0 aliphatic heterocycles. The molecule has 14 heavy (non-hydrogen) atoms. The van der Waals surface area contributed by atoms with Crippen molar-refractivity contribution >= 4 is 33.2 Å². The summed E-state index contributed by atoms with van der Waals surface area (Å²) in [7, 11) is 0. The van der Waals surface area contributed by atoms with Crippen molar-refractivity contribution in [2.24, 2.45) is 5.73 Å². The molecule has 0 amide bonds. The Balaban J connectivity index is 2.79. The normalized spacial score (nSPS) is 11.0. The summed E-state index contributed by atoms with van der Waals surface area (Å²) in [5.41, 5.74) is 6.23. The van der Waals surface area contributed by atoms with Crippen molar-refractivity contribution in [3.63, 3.8) is 0 Å². The van der Waals surface area contributed by atoms with Crippen molar-refractivity contribution < 1.29 is 0 Å². The number of nitrogens with two attached hydrogens (primary N) is 1. The second-order valence-corrected chi connectivity index (χ2v) is 4.30. The fraction of sp³-hybridized carbons (Fsp3) is 0.222. The smallest absolute Gasteiger partial charge is 0.308 e. The first kappa shape index (κ1) is 9.71. The van der Waals surface area contributed by atoms with Crippen LogP contribution in [-0.4, -0.2) is 11.1 Å². The average molecular weight is 229 g/mol. The van der Waals surface area contributed by atoms with Gasteiger partial charge in [0.1, 0.15) is 0 Å². The second kappa shape index (κ2) is 3.73. The molecule has 74 valence electrons. The minimum absolute atomic E-state index is 0.00134. The second-order valence-electron chi connectivity index (χ2n) is 2.89. The molecule has 0 saturated heterocycles. The molecule has 2 aromatic rings. The van der Waals surface area contributed by atoms with E-state index in [1.807, 2.05) is 12.1 Å². The first-order valence-corrected chi connectivity index (χ1v) is 5.41. The summed E-state index contributed by atoms with van der Waals surface area (Å²) in [5.74, 6) is 0. The third kappa shape index (κ3) is 1.45. The van der Waals surface area contributed by atoms with E-state index in [4.69, 9.17) is 17.3 Å². The van der Waals surface area contributed by atoms with Crippen molar-refractivity contribution in [2.45, 2.75) is 6.54 Å². The number of nitrogens with zero attached hydrogens (tertiary/aromatic N) is 1. The Morgan fingerprint density at radius 3 is 3.00 bits per heavy atom. The topological polar surface area (TPSA) is 48.0 Å². The van der Waals surface area contributed by atoms with E-state index in [9.17, 15) is 4.79 Å². The highest BCUT2D eigenvalue weighted by atomic mass is 35.5. The summed E-state index contributed by atoms with van der Waals surface area (Å²) in [4.78, 5) is 11.5. The van der Waals surface area contributed by atoms with Gasteiger partial charge in [-0.05, 0) is 12.1 Å². The highest BCUT2D eigenvalue weighted by Crippen LogP contribution is 2.24. The van der Waals surface area contributed by atoms with E-state index in [1.165, 1.54) is 11.3 Å². The number of hydrogen-bond donors (Lipinski definition) is 1. The monoisotopic (exact) mass is 228 g/mol. The number of para-hydroxylation sites is 1. The molecule has 5 heteroatoms. The summed E-state index contributed by atoms with van der Waals surface area (Å²) in [6.45, 7) is 0.958. The van der Waals surface area contributed by atoms with Crippen LogP contribution in [0.25, 0.3) is 10.2 Å². The van der Waals surface area contributed by atoms with Crippen LogP contribution < -0.4 is 10.6 Å². The van der Waals surface area contributed by atoms with Gasteiger partial charge in [-0.1, -0.05) is 29.0 Å². The number of thiazole rings is 1. The third-order valence-corrected chi connectivity index (χ3v) is 3.24. The van der Waals surface area contributed by atoms with Crippen molar-refractivity contribution in [3.8, 4) is 0 Å². The molecule has 1 aromatic heterocycles. The molecule has 0 unspecified atom stereocenters. The van der Waals surface area contributed by atoms with Gasteiger partial charge in [0, 0.05) is 13.1 Å². The summed E-state index contributed by atoms with van der Waals surface area (Å²) >= 11 is 7.22.